The van der Waals surface area contributed by atoms with Crippen LogP contribution in [0.25, 0.3) is 0 Å². The number of hydrogen-bond acceptors (Lipinski definition) is 6. The van der Waals surface area contributed by atoms with Crippen LogP contribution < -0.4 is 0 Å². The van der Waals surface area contributed by atoms with Gasteiger partial charge in [0.2, 0.25) is 0 Å². The van der Waals surface area contributed by atoms with Crippen LogP contribution in [0, 0.1) is 23.2 Å². The molecule has 31 heavy (non-hydrogen) atoms. The van der Waals surface area contributed by atoms with Crippen LogP contribution in [0.2, 0.25) is 0 Å². The predicted octanol–water partition coefficient (Wildman–Crippen LogP) is 2.56. The molecule has 2 aliphatic carbocycles. The molecule has 5 fully saturated rings. The normalized spacial score (nSPS) is 42.2. The molecule has 3 aliphatic heterocycles. The lowest BCUT2D eigenvalue weighted by molar-refractivity contribution is -0.147. The summed E-state index contributed by atoms with van der Waals surface area (Å²) < 4.78 is 17.2. The highest BCUT2D eigenvalue weighted by molar-refractivity contribution is 5.91. The van der Waals surface area contributed by atoms with Crippen LogP contribution in [-0.4, -0.2) is 72.7 Å². The number of epoxide rings is 1. The Morgan fingerprint density at radius 1 is 1.23 bits per heavy atom. The second kappa shape index (κ2) is 7.07. The van der Waals surface area contributed by atoms with Gasteiger partial charge in [0.05, 0.1) is 24.4 Å². The van der Waals surface area contributed by atoms with Gasteiger partial charge in [-0.15, -0.1) is 0 Å². The van der Waals surface area contributed by atoms with Crippen LogP contribution in [0.1, 0.15) is 49.6 Å². The Morgan fingerprint density at radius 3 is 2.74 bits per heavy atom. The summed E-state index contributed by atoms with van der Waals surface area (Å²) in [4.78, 5) is 29.6. The number of nitrogens with zero attached hydrogens (tertiary/aromatic N) is 2. The Balaban J connectivity index is 1.11. The van der Waals surface area contributed by atoms with Crippen molar-refractivity contribution in [2.24, 2.45) is 23.2 Å². The summed E-state index contributed by atoms with van der Waals surface area (Å²) in [6.45, 7) is 6.91. The summed E-state index contributed by atoms with van der Waals surface area (Å²) in [5.74, 6) is 1.12. The number of piperazine rings is 1. The first kappa shape index (κ1) is 19.8. The van der Waals surface area contributed by atoms with Gasteiger partial charge in [-0.05, 0) is 55.6 Å². The van der Waals surface area contributed by atoms with Gasteiger partial charge in [-0.25, -0.2) is 0 Å². The fourth-order valence-corrected chi connectivity index (χ4v) is 7.13. The molecule has 0 bridgehead atoms. The smallest absolute Gasteiger partial charge is 0.310 e. The van der Waals surface area contributed by atoms with E-state index in [2.05, 4.69) is 11.8 Å². The highest BCUT2D eigenvalue weighted by Gasteiger charge is 2.65. The standard InChI is InChI=1S/C24H32N2O5/c1-23-5-3-6-24(15-30-24)20(23)12-16-17(22(28)31-19(16)13-23)14-25-7-9-26(10-8-25)21(27)18-4-2-11-29-18/h2,4,11,16-17,19-20H,3,5-10,12-15H2,1H3/t16-,17?,19-,20?,23-,24+/m1/s1. The van der Waals surface area contributed by atoms with Crippen molar-refractivity contribution in [3.05, 3.63) is 24.2 Å². The van der Waals surface area contributed by atoms with Gasteiger partial charge in [0, 0.05) is 38.6 Å². The van der Waals surface area contributed by atoms with E-state index < -0.39 is 0 Å². The fraction of sp³-hybridized carbons (Fsp3) is 0.750. The highest BCUT2D eigenvalue weighted by atomic mass is 16.6. The molecule has 2 unspecified atom stereocenters. The van der Waals surface area contributed by atoms with Gasteiger partial charge >= 0.3 is 5.97 Å². The third-order valence-corrected chi connectivity index (χ3v) is 8.93. The quantitative estimate of drug-likeness (QED) is 0.544. The van der Waals surface area contributed by atoms with E-state index in [1.165, 1.54) is 25.5 Å². The third-order valence-electron chi connectivity index (χ3n) is 8.93. The lowest BCUT2D eigenvalue weighted by Crippen LogP contribution is -2.53. The summed E-state index contributed by atoms with van der Waals surface area (Å²) >= 11 is 0. The van der Waals surface area contributed by atoms with Crippen molar-refractivity contribution in [3.8, 4) is 0 Å². The Labute approximate surface area is 183 Å². The molecule has 0 radical (unpaired) electrons. The molecule has 7 nitrogen and oxygen atoms in total. The molecule has 4 heterocycles. The minimum atomic E-state index is -0.0559. The molecule has 6 rings (SSSR count). The number of rotatable bonds is 3. The Kier molecular flexibility index (Phi) is 4.52. The second-order valence-electron chi connectivity index (χ2n) is 10.7. The number of amides is 1. The van der Waals surface area contributed by atoms with Crippen molar-refractivity contribution >= 4 is 11.9 Å². The first-order chi connectivity index (χ1) is 15.0. The van der Waals surface area contributed by atoms with E-state index in [-0.39, 0.29) is 34.9 Å². The summed E-state index contributed by atoms with van der Waals surface area (Å²) in [5.41, 5.74) is 0.328. The molecule has 0 aromatic carbocycles. The number of ether oxygens (including phenoxy) is 2. The molecule has 6 atom stereocenters. The van der Waals surface area contributed by atoms with Gasteiger partial charge in [0.1, 0.15) is 6.10 Å². The summed E-state index contributed by atoms with van der Waals surface area (Å²) in [5, 5.41) is 0. The summed E-state index contributed by atoms with van der Waals surface area (Å²) in [7, 11) is 0. The fourth-order valence-electron chi connectivity index (χ4n) is 7.13. The van der Waals surface area contributed by atoms with Crippen LogP contribution in [0.4, 0.5) is 0 Å². The zero-order chi connectivity index (χ0) is 21.2. The molecule has 2 saturated carbocycles. The molecular weight excluding hydrogens is 396 g/mol. The number of furan rings is 1. The van der Waals surface area contributed by atoms with Crippen molar-refractivity contribution < 1.29 is 23.5 Å². The SMILES string of the molecule is C[C@]12CCC[C@]3(CO3)C1C[C@@H]1C(CN3CCN(C(=O)c4ccco4)CC3)C(=O)O[C@@H]1C2. The molecule has 1 aromatic heterocycles. The maximum Gasteiger partial charge on any atom is 0.310 e. The van der Waals surface area contributed by atoms with Crippen molar-refractivity contribution in [2.75, 3.05) is 39.3 Å². The van der Waals surface area contributed by atoms with Gasteiger partial charge in [-0.3, -0.25) is 14.5 Å². The van der Waals surface area contributed by atoms with E-state index >= 15 is 0 Å². The molecule has 168 valence electrons. The van der Waals surface area contributed by atoms with Crippen LogP contribution in [0.3, 0.4) is 0 Å². The molecule has 1 aromatic rings. The van der Waals surface area contributed by atoms with E-state index in [4.69, 9.17) is 13.9 Å². The minimum Gasteiger partial charge on any atom is -0.462 e. The predicted molar refractivity (Wildman–Crippen MR) is 111 cm³/mol. The van der Waals surface area contributed by atoms with Crippen molar-refractivity contribution in [3.63, 3.8) is 0 Å². The molecule has 0 N–H and O–H groups in total. The summed E-state index contributed by atoms with van der Waals surface area (Å²) in [6, 6.07) is 3.45. The van der Waals surface area contributed by atoms with Crippen LogP contribution in [0.5, 0.6) is 0 Å². The summed E-state index contributed by atoms with van der Waals surface area (Å²) in [6.07, 6.45) is 7.26. The molecule has 3 saturated heterocycles. The van der Waals surface area contributed by atoms with Gasteiger partial charge in [0.25, 0.3) is 5.91 Å². The van der Waals surface area contributed by atoms with E-state index in [9.17, 15) is 9.59 Å². The van der Waals surface area contributed by atoms with Crippen LogP contribution in [-0.2, 0) is 14.3 Å². The van der Waals surface area contributed by atoms with E-state index in [1.807, 2.05) is 4.90 Å². The molecular formula is C24H32N2O5. The average molecular weight is 429 g/mol. The second-order valence-corrected chi connectivity index (χ2v) is 10.7. The zero-order valence-electron chi connectivity index (χ0n) is 18.3. The van der Waals surface area contributed by atoms with Crippen LogP contribution >= 0.6 is 0 Å². The highest BCUT2D eigenvalue weighted by Crippen LogP contribution is 2.62. The van der Waals surface area contributed by atoms with E-state index in [1.54, 1.807) is 12.1 Å². The number of fused-ring (bicyclic) bond motifs is 3. The molecule has 5 aliphatic rings. The largest absolute Gasteiger partial charge is 0.462 e. The molecule has 1 spiro atoms. The van der Waals surface area contributed by atoms with Crippen LogP contribution in [0.15, 0.2) is 22.8 Å². The van der Waals surface area contributed by atoms with E-state index in [0.29, 0.717) is 30.7 Å². The van der Waals surface area contributed by atoms with Crippen molar-refractivity contribution in [1.82, 2.24) is 9.80 Å². The van der Waals surface area contributed by atoms with E-state index in [0.717, 1.165) is 39.1 Å². The first-order valence-electron chi connectivity index (χ1n) is 11.9. The monoisotopic (exact) mass is 428 g/mol. The van der Waals surface area contributed by atoms with Gasteiger partial charge in [0.15, 0.2) is 5.76 Å². The lowest BCUT2D eigenvalue weighted by atomic mass is 9.53. The topological polar surface area (TPSA) is 75.5 Å². The third kappa shape index (κ3) is 3.23. The Bertz CT molecular complexity index is 857. The maximum atomic E-state index is 12.9. The molecule has 7 heteroatoms. The van der Waals surface area contributed by atoms with Gasteiger partial charge in [-0.1, -0.05) is 6.92 Å². The lowest BCUT2D eigenvalue weighted by Gasteiger charge is -2.51. The number of esters is 1. The van der Waals surface area contributed by atoms with Gasteiger partial charge in [-0.2, -0.15) is 0 Å². The van der Waals surface area contributed by atoms with Gasteiger partial charge < -0.3 is 18.8 Å². The Morgan fingerprint density at radius 2 is 2.03 bits per heavy atom. The molecule has 1 amide bonds. The van der Waals surface area contributed by atoms with Crippen molar-refractivity contribution in [1.29, 1.82) is 0 Å². The number of hydrogen-bond donors (Lipinski definition) is 0. The maximum absolute atomic E-state index is 12.9. The number of carbonyl (C=O) groups is 2. The zero-order valence-corrected chi connectivity index (χ0v) is 18.3. The Hall–Kier alpha value is -1.86. The first-order valence-corrected chi connectivity index (χ1v) is 11.9. The number of carbonyl (C=O) groups excluding carboxylic acids is 2. The average Bonchev–Trinajstić information content (AvgIpc) is 3.19. The minimum absolute atomic E-state index is 0.0166. The van der Waals surface area contributed by atoms with Crippen molar-refractivity contribution in [2.45, 2.75) is 50.7 Å².